The van der Waals surface area contributed by atoms with Gasteiger partial charge in [-0.15, -0.1) is 0 Å². The second-order valence-corrected chi connectivity index (χ2v) is 6.61. The molecular weight excluding hydrogens is 260 g/mol. The van der Waals surface area contributed by atoms with E-state index in [2.05, 4.69) is 47.4 Å². The predicted octanol–water partition coefficient (Wildman–Crippen LogP) is 3.91. The van der Waals surface area contributed by atoms with Crippen molar-refractivity contribution >= 4 is 22.7 Å². The maximum Gasteiger partial charge on any atom is 0.225 e. The van der Waals surface area contributed by atoms with Crippen molar-refractivity contribution < 1.29 is 0 Å². The van der Waals surface area contributed by atoms with E-state index in [1.165, 1.54) is 6.42 Å². The van der Waals surface area contributed by atoms with Gasteiger partial charge in [0, 0.05) is 18.5 Å². The first-order valence-electron chi connectivity index (χ1n) is 7.84. The van der Waals surface area contributed by atoms with Gasteiger partial charge in [-0.25, -0.2) is 4.98 Å². The molecule has 4 heteroatoms. The van der Waals surface area contributed by atoms with Crippen molar-refractivity contribution in [3.8, 4) is 0 Å². The molecule has 1 saturated carbocycles. The van der Waals surface area contributed by atoms with Crippen LogP contribution in [0.25, 0.3) is 10.9 Å². The number of nitrogens with zero attached hydrogens (tertiary/aromatic N) is 2. The van der Waals surface area contributed by atoms with Gasteiger partial charge in [-0.2, -0.15) is 4.98 Å². The number of para-hydroxylation sites is 1. The minimum atomic E-state index is 0.485. The van der Waals surface area contributed by atoms with Crippen LogP contribution in [0.15, 0.2) is 24.3 Å². The standard InChI is InChI=1S/C17H24N4/c1-4-9-18-16-20-14-8-6-5-7-13(14)15(21-16)19-11-12-10-17(12,2)3/h5-8,12H,4,9-11H2,1-3H3,(H2,18,19,20,21). The van der Waals surface area contributed by atoms with Gasteiger partial charge in [0.2, 0.25) is 5.95 Å². The van der Waals surface area contributed by atoms with Gasteiger partial charge in [0.15, 0.2) is 0 Å². The molecule has 1 aliphatic carbocycles. The third-order valence-corrected chi connectivity index (χ3v) is 4.37. The fourth-order valence-electron chi connectivity index (χ4n) is 2.67. The second kappa shape index (κ2) is 5.51. The number of hydrogen-bond donors (Lipinski definition) is 2. The van der Waals surface area contributed by atoms with Gasteiger partial charge in [-0.3, -0.25) is 0 Å². The molecule has 1 aromatic heterocycles. The van der Waals surface area contributed by atoms with Crippen molar-refractivity contribution in [3.05, 3.63) is 24.3 Å². The van der Waals surface area contributed by atoms with E-state index < -0.39 is 0 Å². The minimum absolute atomic E-state index is 0.485. The zero-order valence-corrected chi connectivity index (χ0v) is 13.1. The molecular formula is C17H24N4. The maximum absolute atomic E-state index is 4.65. The molecule has 1 atom stereocenters. The van der Waals surface area contributed by atoms with Crippen LogP contribution in [0, 0.1) is 11.3 Å². The summed E-state index contributed by atoms with van der Waals surface area (Å²) in [6.07, 6.45) is 2.36. The van der Waals surface area contributed by atoms with Crippen LogP contribution in [0.2, 0.25) is 0 Å². The summed E-state index contributed by atoms with van der Waals surface area (Å²) in [5.74, 6) is 2.41. The second-order valence-electron chi connectivity index (χ2n) is 6.61. The molecule has 1 heterocycles. The molecule has 1 aliphatic rings. The fraction of sp³-hybridized carbons (Fsp3) is 0.529. The number of anilines is 2. The lowest BCUT2D eigenvalue weighted by molar-refractivity contribution is 0.573. The van der Waals surface area contributed by atoms with Crippen molar-refractivity contribution in [2.45, 2.75) is 33.6 Å². The molecule has 4 nitrogen and oxygen atoms in total. The van der Waals surface area contributed by atoms with E-state index in [0.717, 1.165) is 42.1 Å². The molecule has 1 aromatic carbocycles. The Labute approximate surface area is 126 Å². The van der Waals surface area contributed by atoms with Crippen molar-refractivity contribution in [2.24, 2.45) is 11.3 Å². The molecule has 0 radical (unpaired) electrons. The third-order valence-electron chi connectivity index (χ3n) is 4.37. The Balaban J connectivity index is 1.83. The number of benzene rings is 1. The van der Waals surface area contributed by atoms with Gasteiger partial charge >= 0.3 is 0 Å². The lowest BCUT2D eigenvalue weighted by atomic mass is 10.1. The van der Waals surface area contributed by atoms with Crippen LogP contribution >= 0.6 is 0 Å². The highest BCUT2D eigenvalue weighted by Crippen LogP contribution is 2.51. The Bertz CT molecular complexity index is 636. The van der Waals surface area contributed by atoms with Gasteiger partial charge in [0.25, 0.3) is 0 Å². The van der Waals surface area contributed by atoms with Gasteiger partial charge in [0.1, 0.15) is 5.82 Å². The molecule has 0 saturated heterocycles. The van der Waals surface area contributed by atoms with Crippen LogP contribution in [-0.4, -0.2) is 23.1 Å². The molecule has 1 fully saturated rings. The van der Waals surface area contributed by atoms with E-state index >= 15 is 0 Å². The summed E-state index contributed by atoms with van der Waals surface area (Å²) < 4.78 is 0. The van der Waals surface area contributed by atoms with E-state index in [4.69, 9.17) is 0 Å². The normalized spacial score (nSPS) is 19.5. The number of aromatic nitrogens is 2. The zero-order chi connectivity index (χ0) is 14.9. The molecule has 2 aromatic rings. The van der Waals surface area contributed by atoms with Gasteiger partial charge in [-0.05, 0) is 36.3 Å². The van der Waals surface area contributed by atoms with E-state index in [1.807, 2.05) is 18.2 Å². The van der Waals surface area contributed by atoms with E-state index in [-0.39, 0.29) is 0 Å². The summed E-state index contributed by atoms with van der Waals surface area (Å²) in [5.41, 5.74) is 1.47. The van der Waals surface area contributed by atoms with Crippen LogP contribution in [0.1, 0.15) is 33.6 Å². The maximum atomic E-state index is 4.65. The molecule has 0 amide bonds. The van der Waals surface area contributed by atoms with Gasteiger partial charge < -0.3 is 10.6 Å². The Hall–Kier alpha value is -1.84. The molecule has 0 bridgehead atoms. The van der Waals surface area contributed by atoms with E-state index in [1.54, 1.807) is 0 Å². The molecule has 0 spiro atoms. The van der Waals surface area contributed by atoms with Crippen LogP contribution in [-0.2, 0) is 0 Å². The SMILES string of the molecule is CCCNc1nc(NCC2CC2(C)C)c2ccccc2n1. The third kappa shape index (κ3) is 3.09. The molecule has 2 N–H and O–H groups in total. The predicted molar refractivity (Wildman–Crippen MR) is 88.7 cm³/mol. The van der Waals surface area contributed by atoms with Crippen LogP contribution in [0.4, 0.5) is 11.8 Å². The highest BCUT2D eigenvalue weighted by molar-refractivity contribution is 5.90. The summed E-state index contributed by atoms with van der Waals surface area (Å²) >= 11 is 0. The van der Waals surface area contributed by atoms with E-state index in [0.29, 0.717) is 11.4 Å². The molecule has 21 heavy (non-hydrogen) atoms. The van der Waals surface area contributed by atoms with Crippen molar-refractivity contribution in [2.75, 3.05) is 23.7 Å². The van der Waals surface area contributed by atoms with Crippen molar-refractivity contribution in [1.29, 1.82) is 0 Å². The number of nitrogens with one attached hydrogen (secondary N) is 2. The Kier molecular flexibility index (Phi) is 3.70. The Morgan fingerprint density at radius 1 is 1.19 bits per heavy atom. The van der Waals surface area contributed by atoms with Crippen LogP contribution in [0.5, 0.6) is 0 Å². The summed E-state index contributed by atoms with van der Waals surface area (Å²) in [6, 6.07) is 8.18. The first-order chi connectivity index (χ1) is 10.1. The molecule has 0 aliphatic heterocycles. The first kappa shape index (κ1) is 14.1. The topological polar surface area (TPSA) is 49.8 Å². The van der Waals surface area contributed by atoms with Crippen molar-refractivity contribution in [3.63, 3.8) is 0 Å². The Morgan fingerprint density at radius 3 is 2.67 bits per heavy atom. The fourth-order valence-corrected chi connectivity index (χ4v) is 2.67. The summed E-state index contributed by atoms with van der Waals surface area (Å²) in [5, 5.41) is 7.91. The molecule has 1 unspecified atom stereocenters. The average molecular weight is 284 g/mol. The highest BCUT2D eigenvalue weighted by atomic mass is 15.1. The summed E-state index contributed by atoms with van der Waals surface area (Å²) in [7, 11) is 0. The quantitative estimate of drug-likeness (QED) is 0.844. The monoisotopic (exact) mass is 284 g/mol. The smallest absolute Gasteiger partial charge is 0.225 e. The highest BCUT2D eigenvalue weighted by Gasteiger charge is 2.45. The number of fused-ring (bicyclic) bond motifs is 1. The van der Waals surface area contributed by atoms with Gasteiger partial charge in [-0.1, -0.05) is 32.9 Å². The summed E-state index contributed by atoms with van der Waals surface area (Å²) in [4.78, 5) is 9.24. The average Bonchev–Trinajstić information content (AvgIpc) is 3.09. The lowest BCUT2D eigenvalue weighted by Crippen LogP contribution is -2.11. The van der Waals surface area contributed by atoms with Crippen molar-refractivity contribution in [1.82, 2.24) is 9.97 Å². The zero-order valence-electron chi connectivity index (χ0n) is 13.1. The molecule has 112 valence electrons. The van der Waals surface area contributed by atoms with Crippen LogP contribution < -0.4 is 10.6 Å². The Morgan fingerprint density at radius 2 is 1.95 bits per heavy atom. The molecule has 3 rings (SSSR count). The lowest BCUT2D eigenvalue weighted by Gasteiger charge is -2.12. The number of hydrogen-bond acceptors (Lipinski definition) is 4. The van der Waals surface area contributed by atoms with Gasteiger partial charge in [0.05, 0.1) is 5.52 Å². The minimum Gasteiger partial charge on any atom is -0.369 e. The first-order valence-corrected chi connectivity index (χ1v) is 7.84. The summed E-state index contributed by atoms with van der Waals surface area (Å²) in [6.45, 7) is 8.67. The van der Waals surface area contributed by atoms with Crippen LogP contribution in [0.3, 0.4) is 0 Å². The number of rotatable bonds is 6. The largest absolute Gasteiger partial charge is 0.369 e. The van der Waals surface area contributed by atoms with E-state index in [9.17, 15) is 0 Å².